The van der Waals surface area contributed by atoms with Crippen LogP contribution in [0.4, 0.5) is 5.69 Å². The van der Waals surface area contributed by atoms with Gasteiger partial charge in [0.1, 0.15) is 11.5 Å². The number of H-pyrrole nitrogens is 1. The van der Waals surface area contributed by atoms with Crippen molar-refractivity contribution in [3.63, 3.8) is 0 Å². The number of amides is 1. The van der Waals surface area contributed by atoms with Gasteiger partial charge in [-0.2, -0.15) is 0 Å². The molecular formula is C24H27ClN6O2. The quantitative estimate of drug-likeness (QED) is 0.614. The highest BCUT2D eigenvalue weighted by Gasteiger charge is 2.32. The minimum Gasteiger partial charge on any atom is -0.370 e. The molecule has 2 fully saturated rings. The monoisotopic (exact) mass is 466 g/mol. The highest BCUT2D eigenvalue weighted by atomic mass is 35.5. The molecule has 33 heavy (non-hydrogen) atoms. The van der Waals surface area contributed by atoms with Gasteiger partial charge in [0.15, 0.2) is 0 Å². The summed E-state index contributed by atoms with van der Waals surface area (Å²) < 4.78 is 0. The Morgan fingerprint density at radius 2 is 1.97 bits per heavy atom. The number of aromatic amines is 1. The van der Waals surface area contributed by atoms with Crippen molar-refractivity contribution in [1.29, 1.82) is 0 Å². The number of likely N-dealkylation sites (tertiary alicyclic amines) is 1. The first-order valence-electron chi connectivity index (χ1n) is 11.4. The lowest BCUT2D eigenvalue weighted by Crippen LogP contribution is -2.44. The van der Waals surface area contributed by atoms with Gasteiger partial charge in [-0.1, -0.05) is 11.6 Å². The second-order valence-corrected chi connectivity index (χ2v) is 9.23. The maximum absolute atomic E-state index is 12.5. The predicted molar refractivity (Wildman–Crippen MR) is 129 cm³/mol. The van der Waals surface area contributed by atoms with Gasteiger partial charge in [-0.3, -0.25) is 14.5 Å². The lowest BCUT2D eigenvalue weighted by molar-refractivity contribution is 0.0958. The zero-order chi connectivity index (χ0) is 22.9. The van der Waals surface area contributed by atoms with Crippen molar-refractivity contribution in [2.45, 2.75) is 31.2 Å². The lowest BCUT2D eigenvalue weighted by Gasteiger charge is -2.37. The number of benzene rings is 1. The fourth-order valence-corrected chi connectivity index (χ4v) is 5.16. The summed E-state index contributed by atoms with van der Waals surface area (Å²) in [6.45, 7) is 3.84. The van der Waals surface area contributed by atoms with E-state index in [0.717, 1.165) is 57.0 Å². The molecule has 8 nitrogen and oxygen atoms in total. The van der Waals surface area contributed by atoms with Crippen molar-refractivity contribution in [3.8, 4) is 0 Å². The average molecular weight is 467 g/mol. The van der Waals surface area contributed by atoms with Crippen LogP contribution in [0.25, 0.3) is 10.9 Å². The number of nitrogens with zero attached hydrogens (tertiary/aromatic N) is 4. The van der Waals surface area contributed by atoms with Gasteiger partial charge in [0.25, 0.3) is 11.5 Å². The van der Waals surface area contributed by atoms with E-state index in [9.17, 15) is 9.59 Å². The van der Waals surface area contributed by atoms with Crippen molar-refractivity contribution in [2.75, 3.05) is 38.1 Å². The highest BCUT2D eigenvalue weighted by Crippen LogP contribution is 2.30. The van der Waals surface area contributed by atoms with Gasteiger partial charge in [-0.15, -0.1) is 0 Å². The zero-order valence-electron chi connectivity index (χ0n) is 18.6. The summed E-state index contributed by atoms with van der Waals surface area (Å²) in [5.41, 5.74) is 2.06. The maximum atomic E-state index is 12.5. The Kier molecular flexibility index (Phi) is 6.03. The molecule has 1 unspecified atom stereocenters. The van der Waals surface area contributed by atoms with E-state index in [4.69, 9.17) is 16.6 Å². The van der Waals surface area contributed by atoms with Crippen molar-refractivity contribution in [3.05, 3.63) is 63.4 Å². The molecule has 0 aliphatic carbocycles. The second-order valence-electron chi connectivity index (χ2n) is 8.79. The van der Waals surface area contributed by atoms with Crippen molar-refractivity contribution >= 4 is 34.1 Å². The maximum Gasteiger partial charge on any atom is 0.269 e. The first-order chi connectivity index (χ1) is 16.0. The van der Waals surface area contributed by atoms with E-state index in [1.807, 2.05) is 12.1 Å². The van der Waals surface area contributed by atoms with Crippen molar-refractivity contribution in [2.24, 2.45) is 0 Å². The summed E-state index contributed by atoms with van der Waals surface area (Å²) in [5.74, 6) is 0.837. The molecule has 0 spiro atoms. The Morgan fingerprint density at radius 3 is 2.70 bits per heavy atom. The van der Waals surface area contributed by atoms with Gasteiger partial charge < -0.3 is 15.2 Å². The molecule has 2 aliphatic rings. The third-order valence-corrected chi connectivity index (χ3v) is 7.08. The molecule has 2 saturated heterocycles. The number of carbonyl (C=O) groups excluding carboxylic acids is 1. The number of hydrogen-bond donors (Lipinski definition) is 2. The average Bonchev–Trinajstić information content (AvgIpc) is 3.34. The highest BCUT2D eigenvalue weighted by molar-refractivity contribution is 6.31. The molecule has 2 aromatic heterocycles. The number of rotatable bonds is 4. The standard InChI is InChI=1S/C24H27ClN6O2/c1-26-24(33)21-5-3-18(13-27-21)30-10-7-17(8-11-30)31-9-6-15(14-31)22-28-20-4-2-16(25)12-19(20)23(32)29-22/h2-5,12-13,15,17H,6-11,14H2,1H3,(H,26,33)(H,28,29,32). The largest absolute Gasteiger partial charge is 0.370 e. The van der Waals surface area contributed by atoms with Crippen LogP contribution in [0.2, 0.25) is 5.02 Å². The molecule has 0 bridgehead atoms. The van der Waals surface area contributed by atoms with Crippen molar-refractivity contribution < 1.29 is 4.79 Å². The topological polar surface area (TPSA) is 94.2 Å². The van der Waals surface area contributed by atoms with Gasteiger partial charge in [0, 0.05) is 43.7 Å². The summed E-state index contributed by atoms with van der Waals surface area (Å²) in [5, 5.41) is 3.67. The van der Waals surface area contributed by atoms with Crippen LogP contribution in [0.5, 0.6) is 0 Å². The van der Waals surface area contributed by atoms with E-state index < -0.39 is 0 Å². The van der Waals surface area contributed by atoms with Crippen LogP contribution in [0.15, 0.2) is 41.3 Å². The summed E-state index contributed by atoms with van der Waals surface area (Å²) in [4.78, 5) is 41.1. The van der Waals surface area contributed by atoms with E-state index in [1.54, 1.807) is 31.4 Å². The Bertz CT molecular complexity index is 1220. The smallest absolute Gasteiger partial charge is 0.269 e. The van der Waals surface area contributed by atoms with Crippen LogP contribution in [0, 0.1) is 0 Å². The number of hydrogen-bond acceptors (Lipinski definition) is 6. The molecule has 5 rings (SSSR count). The summed E-state index contributed by atoms with van der Waals surface area (Å²) in [7, 11) is 1.61. The third-order valence-electron chi connectivity index (χ3n) is 6.85. The summed E-state index contributed by atoms with van der Waals surface area (Å²) in [6, 6.07) is 9.53. The number of halogens is 1. The molecular weight excluding hydrogens is 440 g/mol. The lowest BCUT2D eigenvalue weighted by atomic mass is 10.0. The predicted octanol–water partition coefficient (Wildman–Crippen LogP) is 2.79. The van der Waals surface area contributed by atoms with E-state index in [0.29, 0.717) is 27.7 Å². The molecule has 1 aromatic carbocycles. The number of anilines is 1. The van der Waals surface area contributed by atoms with Crippen LogP contribution >= 0.6 is 11.6 Å². The third kappa shape index (κ3) is 4.45. The molecule has 0 saturated carbocycles. The number of nitrogens with one attached hydrogen (secondary N) is 2. The SMILES string of the molecule is CNC(=O)c1ccc(N2CCC(N3CCC(c4nc5ccc(Cl)cc5c(=O)[nH]4)C3)CC2)cn1. The first-order valence-corrected chi connectivity index (χ1v) is 11.8. The van der Waals surface area contributed by atoms with Crippen LogP contribution in [-0.2, 0) is 0 Å². The van der Waals surface area contributed by atoms with Gasteiger partial charge in [0.05, 0.1) is 22.8 Å². The molecule has 3 aromatic rings. The van der Waals surface area contributed by atoms with Crippen LogP contribution in [-0.4, -0.2) is 65.0 Å². The zero-order valence-corrected chi connectivity index (χ0v) is 19.3. The number of aromatic nitrogens is 3. The van der Waals surface area contributed by atoms with E-state index >= 15 is 0 Å². The van der Waals surface area contributed by atoms with Gasteiger partial charge in [0.2, 0.25) is 0 Å². The van der Waals surface area contributed by atoms with E-state index in [2.05, 4.69) is 25.1 Å². The number of pyridine rings is 1. The molecule has 172 valence electrons. The van der Waals surface area contributed by atoms with E-state index in [-0.39, 0.29) is 17.4 Å². The van der Waals surface area contributed by atoms with Gasteiger partial charge >= 0.3 is 0 Å². The van der Waals surface area contributed by atoms with Crippen LogP contribution in [0.1, 0.15) is 41.5 Å². The minimum atomic E-state index is -0.171. The molecule has 1 amide bonds. The molecule has 9 heteroatoms. The molecule has 4 heterocycles. The Labute approximate surface area is 197 Å². The van der Waals surface area contributed by atoms with Crippen molar-refractivity contribution in [1.82, 2.24) is 25.2 Å². The molecule has 0 radical (unpaired) electrons. The molecule has 2 N–H and O–H groups in total. The van der Waals surface area contributed by atoms with Crippen LogP contribution in [0.3, 0.4) is 0 Å². The minimum absolute atomic E-state index is 0.125. The summed E-state index contributed by atoms with van der Waals surface area (Å²) in [6.07, 6.45) is 4.92. The Hall–Kier alpha value is -2.97. The number of piperidine rings is 1. The number of fused-ring (bicyclic) bond motifs is 1. The Balaban J connectivity index is 1.21. The Morgan fingerprint density at radius 1 is 1.15 bits per heavy atom. The summed E-state index contributed by atoms with van der Waals surface area (Å²) >= 11 is 6.03. The van der Waals surface area contributed by atoms with Gasteiger partial charge in [-0.05, 0) is 56.1 Å². The normalized spacial score (nSPS) is 19.8. The van der Waals surface area contributed by atoms with Gasteiger partial charge in [-0.25, -0.2) is 9.97 Å². The number of carbonyl (C=O) groups is 1. The molecule has 1 atom stereocenters. The fraction of sp³-hybridized carbons (Fsp3) is 0.417. The molecule has 2 aliphatic heterocycles. The second kappa shape index (κ2) is 9.11. The first kappa shape index (κ1) is 21.9. The van der Waals surface area contributed by atoms with Crippen LogP contribution < -0.4 is 15.8 Å². The van der Waals surface area contributed by atoms with E-state index in [1.165, 1.54) is 0 Å². The fourth-order valence-electron chi connectivity index (χ4n) is 4.99.